The summed E-state index contributed by atoms with van der Waals surface area (Å²) in [7, 11) is 0. The van der Waals surface area contributed by atoms with Crippen molar-refractivity contribution in [2.24, 2.45) is 0 Å². The monoisotopic (exact) mass is 738 g/mol. The fraction of sp³-hybridized carbons (Fsp3) is 0.0182. The highest BCUT2D eigenvalue weighted by atomic mass is 16.3. The quantitative estimate of drug-likeness (QED) is 0.176. The molecule has 0 bridgehead atoms. The second-order valence-electron chi connectivity index (χ2n) is 15.6. The molecule has 270 valence electrons. The number of benzene rings is 9. The van der Waals surface area contributed by atoms with Crippen LogP contribution in [0.25, 0.3) is 88.1 Å². The van der Waals surface area contributed by atoms with E-state index in [9.17, 15) is 0 Å². The van der Waals surface area contributed by atoms with Gasteiger partial charge in [-0.15, -0.1) is 0 Å². The summed E-state index contributed by atoms with van der Waals surface area (Å²) in [5, 5.41) is 7.02. The Kier molecular flexibility index (Phi) is 6.37. The fourth-order valence-electron chi connectivity index (χ4n) is 10.5. The smallest absolute Gasteiger partial charge is 0.145 e. The first-order valence-corrected chi connectivity index (χ1v) is 20.0. The third kappa shape index (κ3) is 4.07. The number of rotatable bonds is 4. The second-order valence-corrected chi connectivity index (χ2v) is 15.6. The van der Waals surface area contributed by atoms with E-state index in [1.165, 1.54) is 55.1 Å². The van der Waals surface area contributed by atoms with Crippen molar-refractivity contribution in [1.82, 2.24) is 9.13 Å². The summed E-state index contributed by atoms with van der Waals surface area (Å²) in [6.07, 6.45) is 0. The summed E-state index contributed by atoms with van der Waals surface area (Å²) in [4.78, 5) is 0. The van der Waals surface area contributed by atoms with Crippen LogP contribution in [0.15, 0.2) is 211 Å². The number of hydrogen-bond acceptors (Lipinski definition) is 1. The molecule has 58 heavy (non-hydrogen) atoms. The number of furan rings is 1. The molecule has 3 nitrogen and oxygen atoms in total. The Morgan fingerprint density at radius 3 is 1.74 bits per heavy atom. The van der Waals surface area contributed by atoms with Crippen LogP contribution < -0.4 is 0 Å². The van der Waals surface area contributed by atoms with Crippen molar-refractivity contribution in [1.29, 1.82) is 0 Å². The van der Waals surface area contributed by atoms with E-state index in [0.29, 0.717) is 0 Å². The summed E-state index contributed by atoms with van der Waals surface area (Å²) >= 11 is 0. The lowest BCUT2D eigenvalue weighted by atomic mass is 9.67. The maximum atomic E-state index is 6.74. The zero-order chi connectivity index (χ0) is 38.0. The van der Waals surface area contributed by atoms with Crippen LogP contribution in [-0.2, 0) is 5.41 Å². The van der Waals surface area contributed by atoms with Crippen LogP contribution in [0.5, 0.6) is 0 Å². The Morgan fingerprint density at radius 2 is 0.948 bits per heavy atom. The molecule has 0 spiro atoms. The van der Waals surface area contributed by atoms with Gasteiger partial charge in [0, 0.05) is 38.3 Å². The van der Waals surface area contributed by atoms with Crippen molar-refractivity contribution < 1.29 is 4.42 Å². The molecule has 9 aromatic carbocycles. The minimum Gasteiger partial charge on any atom is -0.455 e. The molecule has 0 fully saturated rings. The van der Waals surface area contributed by atoms with Crippen LogP contribution in [0.2, 0.25) is 0 Å². The Hall–Kier alpha value is -7.62. The van der Waals surface area contributed by atoms with Gasteiger partial charge in [0.05, 0.1) is 32.9 Å². The zero-order valence-electron chi connectivity index (χ0n) is 31.4. The van der Waals surface area contributed by atoms with Gasteiger partial charge in [-0.2, -0.15) is 0 Å². The van der Waals surface area contributed by atoms with E-state index >= 15 is 0 Å². The lowest BCUT2D eigenvalue weighted by Gasteiger charge is -2.34. The lowest BCUT2D eigenvalue weighted by molar-refractivity contribution is 0.673. The highest BCUT2D eigenvalue weighted by Gasteiger charge is 2.46. The van der Waals surface area contributed by atoms with Gasteiger partial charge in [0.15, 0.2) is 0 Å². The molecule has 0 amide bonds. The number of nitrogens with zero attached hydrogens (tertiary/aromatic N) is 2. The van der Waals surface area contributed by atoms with Gasteiger partial charge in [0.2, 0.25) is 0 Å². The molecule has 0 unspecified atom stereocenters. The predicted molar refractivity (Wildman–Crippen MR) is 240 cm³/mol. The van der Waals surface area contributed by atoms with Crippen molar-refractivity contribution in [2.45, 2.75) is 5.41 Å². The summed E-state index contributed by atoms with van der Waals surface area (Å²) in [6.45, 7) is 0. The largest absolute Gasteiger partial charge is 0.455 e. The molecule has 0 atom stereocenters. The maximum absolute atomic E-state index is 6.74. The second kappa shape index (κ2) is 11.7. The summed E-state index contributed by atoms with van der Waals surface area (Å²) in [5.74, 6) is 0. The summed E-state index contributed by atoms with van der Waals surface area (Å²) in [5.41, 5.74) is 15.9. The minimum absolute atomic E-state index is 0.492. The molecule has 0 radical (unpaired) electrons. The minimum atomic E-state index is -0.492. The molecule has 0 aliphatic heterocycles. The van der Waals surface area contributed by atoms with Crippen molar-refractivity contribution in [3.8, 4) is 22.5 Å². The van der Waals surface area contributed by atoms with E-state index in [4.69, 9.17) is 4.42 Å². The van der Waals surface area contributed by atoms with E-state index < -0.39 is 5.41 Å². The SMILES string of the molecule is c1ccc(-n2c3cc4c(cc3c3c5oc6ccccc6c5ccc32)c2ccccc2n4-c2cccc(C3(c4ccccc4)c4ccccc4-c4ccccc43)c2)cc1. The number of para-hydroxylation sites is 3. The molecule has 0 N–H and O–H groups in total. The van der Waals surface area contributed by atoms with Gasteiger partial charge in [-0.25, -0.2) is 0 Å². The first kappa shape index (κ1) is 31.6. The van der Waals surface area contributed by atoms with Crippen LogP contribution in [0.3, 0.4) is 0 Å². The van der Waals surface area contributed by atoms with E-state index in [2.05, 4.69) is 215 Å². The van der Waals surface area contributed by atoms with Gasteiger partial charge >= 0.3 is 0 Å². The molecule has 12 aromatic rings. The van der Waals surface area contributed by atoms with E-state index in [0.717, 1.165) is 55.2 Å². The van der Waals surface area contributed by atoms with Crippen molar-refractivity contribution in [3.05, 3.63) is 229 Å². The van der Waals surface area contributed by atoms with Gasteiger partial charge in [-0.05, 0) is 94.0 Å². The van der Waals surface area contributed by atoms with Crippen LogP contribution in [0.1, 0.15) is 22.3 Å². The molecule has 3 aromatic heterocycles. The highest BCUT2D eigenvalue weighted by molar-refractivity contribution is 6.26. The molecule has 3 heterocycles. The number of fused-ring (bicyclic) bond motifs is 13. The van der Waals surface area contributed by atoms with Crippen LogP contribution in [-0.4, -0.2) is 9.13 Å². The summed E-state index contributed by atoms with van der Waals surface area (Å²) in [6, 6.07) is 75.6. The van der Waals surface area contributed by atoms with E-state index in [1.807, 2.05) is 0 Å². The first-order valence-electron chi connectivity index (χ1n) is 20.0. The highest BCUT2D eigenvalue weighted by Crippen LogP contribution is 2.56. The summed E-state index contributed by atoms with van der Waals surface area (Å²) < 4.78 is 11.6. The van der Waals surface area contributed by atoms with Gasteiger partial charge in [-0.1, -0.05) is 146 Å². The molecule has 0 saturated carbocycles. The molecule has 13 rings (SSSR count). The van der Waals surface area contributed by atoms with Crippen LogP contribution in [0, 0.1) is 0 Å². The standard InChI is InChI=1S/C55H34N2O/c1-3-16-35(17-4-1)55(46-26-11-7-22-39(46)40-23-8-12-27-47(40)55)36-18-15-21-38(32-36)57-48-28-13-9-24-41(48)44-33-45-51(34-50(44)57)56(37-19-5-2-6-20-37)49-31-30-43-42-25-10-14-29-52(42)58-54(43)53(45)49/h1-34H. The van der Waals surface area contributed by atoms with Crippen LogP contribution >= 0.6 is 0 Å². The fourth-order valence-corrected chi connectivity index (χ4v) is 10.5. The Bertz CT molecular complexity index is 3580. The molecule has 1 aliphatic carbocycles. The van der Waals surface area contributed by atoms with Gasteiger partial charge in [-0.3, -0.25) is 0 Å². The third-order valence-electron chi connectivity index (χ3n) is 12.8. The first-order chi connectivity index (χ1) is 28.8. The normalized spacial score (nSPS) is 13.3. The average molecular weight is 739 g/mol. The number of aromatic nitrogens is 2. The zero-order valence-corrected chi connectivity index (χ0v) is 31.4. The third-order valence-corrected chi connectivity index (χ3v) is 12.8. The van der Waals surface area contributed by atoms with E-state index in [1.54, 1.807) is 0 Å². The van der Waals surface area contributed by atoms with Gasteiger partial charge in [0.1, 0.15) is 11.2 Å². The van der Waals surface area contributed by atoms with Gasteiger partial charge in [0.25, 0.3) is 0 Å². The Morgan fingerprint density at radius 1 is 0.345 bits per heavy atom. The molecule has 0 saturated heterocycles. The van der Waals surface area contributed by atoms with E-state index in [-0.39, 0.29) is 0 Å². The lowest BCUT2D eigenvalue weighted by Crippen LogP contribution is -2.28. The molecule has 1 aliphatic rings. The average Bonchev–Trinajstić information content (AvgIpc) is 4.01. The van der Waals surface area contributed by atoms with Gasteiger partial charge < -0.3 is 13.6 Å². The Labute approximate surface area is 334 Å². The predicted octanol–water partition coefficient (Wildman–Crippen LogP) is 14.1. The number of hydrogen-bond donors (Lipinski definition) is 0. The van der Waals surface area contributed by atoms with Crippen LogP contribution in [0.4, 0.5) is 0 Å². The Balaban J connectivity index is 1.14. The van der Waals surface area contributed by atoms with Crippen molar-refractivity contribution >= 4 is 65.6 Å². The molecule has 3 heteroatoms. The molecular formula is C55H34N2O. The topological polar surface area (TPSA) is 23.0 Å². The molecular weight excluding hydrogens is 705 g/mol. The van der Waals surface area contributed by atoms with Crippen molar-refractivity contribution in [3.63, 3.8) is 0 Å². The van der Waals surface area contributed by atoms with Crippen molar-refractivity contribution in [2.75, 3.05) is 0 Å². The maximum Gasteiger partial charge on any atom is 0.145 e.